The standard InChI is InChI=1S/C18H27BrFN3O.HI/c1-3-21-17(22-12-14-11-15(20)5-6-16(14)19)23-13-18(7-4-8-18)9-10-24-2;/h5-6,11H,3-4,7-10,12-13H2,1-2H3,(H2,21,22,23);1H. The molecule has 2 N–H and O–H groups in total. The summed E-state index contributed by atoms with van der Waals surface area (Å²) >= 11 is 3.45. The van der Waals surface area contributed by atoms with Crippen LogP contribution >= 0.6 is 39.9 Å². The summed E-state index contributed by atoms with van der Waals surface area (Å²) < 4.78 is 19.5. The second-order valence-corrected chi connectivity index (χ2v) is 7.24. The van der Waals surface area contributed by atoms with Gasteiger partial charge in [-0.05, 0) is 55.4 Å². The Kier molecular flexibility index (Phi) is 10.3. The molecule has 142 valence electrons. The lowest BCUT2D eigenvalue weighted by Crippen LogP contribution is -2.46. The molecule has 4 nitrogen and oxygen atoms in total. The number of nitrogens with zero attached hydrogens (tertiary/aromatic N) is 1. The lowest BCUT2D eigenvalue weighted by atomic mass is 9.67. The summed E-state index contributed by atoms with van der Waals surface area (Å²) in [4.78, 5) is 4.59. The van der Waals surface area contributed by atoms with E-state index in [9.17, 15) is 4.39 Å². The molecule has 1 aliphatic carbocycles. The van der Waals surface area contributed by atoms with Crippen LogP contribution in [0.5, 0.6) is 0 Å². The van der Waals surface area contributed by atoms with Gasteiger partial charge in [-0.1, -0.05) is 22.4 Å². The number of benzene rings is 1. The third-order valence-corrected chi connectivity index (χ3v) is 5.41. The summed E-state index contributed by atoms with van der Waals surface area (Å²) in [7, 11) is 1.75. The second-order valence-electron chi connectivity index (χ2n) is 6.38. The van der Waals surface area contributed by atoms with E-state index in [2.05, 4.69) is 31.6 Å². The van der Waals surface area contributed by atoms with Gasteiger partial charge in [0, 0.05) is 31.3 Å². The van der Waals surface area contributed by atoms with Gasteiger partial charge in [0.25, 0.3) is 0 Å². The Labute approximate surface area is 175 Å². The molecule has 0 spiro atoms. The minimum Gasteiger partial charge on any atom is -0.385 e. The van der Waals surface area contributed by atoms with E-state index in [0.29, 0.717) is 12.0 Å². The molecule has 0 amide bonds. The number of hydrogen-bond acceptors (Lipinski definition) is 2. The van der Waals surface area contributed by atoms with E-state index in [0.717, 1.165) is 42.1 Å². The fraction of sp³-hybridized carbons (Fsp3) is 0.611. The van der Waals surface area contributed by atoms with E-state index in [4.69, 9.17) is 4.74 Å². The molecule has 0 heterocycles. The average Bonchev–Trinajstić information content (AvgIpc) is 2.54. The van der Waals surface area contributed by atoms with Crippen molar-refractivity contribution >= 4 is 45.9 Å². The van der Waals surface area contributed by atoms with Crippen LogP contribution in [0.3, 0.4) is 0 Å². The van der Waals surface area contributed by atoms with Crippen molar-refractivity contribution in [3.05, 3.63) is 34.1 Å². The maximum Gasteiger partial charge on any atom is 0.191 e. The van der Waals surface area contributed by atoms with Crippen molar-refractivity contribution < 1.29 is 9.13 Å². The number of halogens is 3. The Hall–Kier alpha value is -0.410. The van der Waals surface area contributed by atoms with Crippen LogP contribution in [0.4, 0.5) is 4.39 Å². The molecule has 2 rings (SSSR count). The molecule has 1 saturated carbocycles. The highest BCUT2D eigenvalue weighted by atomic mass is 127. The molecule has 0 unspecified atom stereocenters. The fourth-order valence-electron chi connectivity index (χ4n) is 2.95. The molecule has 7 heteroatoms. The van der Waals surface area contributed by atoms with E-state index >= 15 is 0 Å². The van der Waals surface area contributed by atoms with Crippen LogP contribution in [0.2, 0.25) is 0 Å². The Morgan fingerprint density at radius 2 is 2.12 bits per heavy atom. The quantitative estimate of drug-likeness (QED) is 0.298. The molecular formula is C18H28BrFIN3O. The smallest absolute Gasteiger partial charge is 0.191 e. The normalized spacial score (nSPS) is 15.9. The zero-order chi connectivity index (χ0) is 17.4. The lowest BCUT2D eigenvalue weighted by molar-refractivity contribution is 0.0732. The Balaban J connectivity index is 0.00000312. The van der Waals surface area contributed by atoms with Crippen molar-refractivity contribution in [2.45, 2.75) is 39.2 Å². The summed E-state index contributed by atoms with van der Waals surface area (Å²) in [5.74, 6) is 0.534. The number of rotatable bonds is 8. The minimum atomic E-state index is -0.241. The summed E-state index contributed by atoms with van der Waals surface area (Å²) in [5, 5.41) is 6.71. The number of hydrogen-bond donors (Lipinski definition) is 2. The SMILES string of the molecule is CCNC(=NCc1cc(F)ccc1Br)NCC1(CCOC)CCC1.I. The fourth-order valence-corrected chi connectivity index (χ4v) is 3.32. The van der Waals surface area contributed by atoms with E-state index < -0.39 is 0 Å². The molecule has 1 aromatic carbocycles. The molecular weight excluding hydrogens is 500 g/mol. The third kappa shape index (κ3) is 7.02. The molecule has 0 saturated heterocycles. The first-order valence-corrected chi connectivity index (χ1v) is 9.33. The van der Waals surface area contributed by atoms with E-state index in [1.165, 1.54) is 31.4 Å². The number of nitrogens with one attached hydrogen (secondary N) is 2. The van der Waals surface area contributed by atoms with Gasteiger partial charge >= 0.3 is 0 Å². The van der Waals surface area contributed by atoms with Crippen molar-refractivity contribution in [1.29, 1.82) is 0 Å². The number of aliphatic imine (C=N–C) groups is 1. The minimum absolute atomic E-state index is 0. The monoisotopic (exact) mass is 527 g/mol. The number of methoxy groups -OCH3 is 1. The molecule has 0 bridgehead atoms. The lowest BCUT2D eigenvalue weighted by Gasteiger charge is -2.42. The van der Waals surface area contributed by atoms with Crippen LogP contribution < -0.4 is 10.6 Å². The van der Waals surface area contributed by atoms with Crippen LogP contribution in [-0.4, -0.2) is 32.8 Å². The molecule has 0 atom stereocenters. The van der Waals surface area contributed by atoms with Gasteiger partial charge in [-0.3, -0.25) is 0 Å². The highest BCUT2D eigenvalue weighted by Gasteiger charge is 2.36. The molecule has 1 aromatic rings. The summed E-state index contributed by atoms with van der Waals surface area (Å²) in [6.07, 6.45) is 4.83. The summed E-state index contributed by atoms with van der Waals surface area (Å²) in [6, 6.07) is 4.68. The van der Waals surface area contributed by atoms with Crippen LogP contribution in [0.15, 0.2) is 27.7 Å². The summed E-state index contributed by atoms with van der Waals surface area (Å²) in [5.41, 5.74) is 1.16. The van der Waals surface area contributed by atoms with Crippen molar-refractivity contribution in [2.75, 3.05) is 26.8 Å². The predicted octanol–water partition coefficient (Wildman–Crippen LogP) is 4.47. The van der Waals surface area contributed by atoms with Crippen LogP contribution in [0.25, 0.3) is 0 Å². The molecule has 0 aliphatic heterocycles. The molecule has 0 aromatic heterocycles. The maximum absolute atomic E-state index is 13.4. The van der Waals surface area contributed by atoms with Gasteiger partial charge in [-0.2, -0.15) is 0 Å². The maximum atomic E-state index is 13.4. The zero-order valence-corrected chi connectivity index (χ0v) is 18.8. The largest absolute Gasteiger partial charge is 0.385 e. The van der Waals surface area contributed by atoms with Gasteiger partial charge in [0.1, 0.15) is 5.82 Å². The predicted molar refractivity (Wildman–Crippen MR) is 115 cm³/mol. The molecule has 25 heavy (non-hydrogen) atoms. The van der Waals surface area contributed by atoms with Crippen molar-refractivity contribution in [2.24, 2.45) is 10.4 Å². The van der Waals surface area contributed by atoms with E-state index in [-0.39, 0.29) is 29.8 Å². The number of guanidine groups is 1. The van der Waals surface area contributed by atoms with Crippen LogP contribution in [0, 0.1) is 11.2 Å². The van der Waals surface area contributed by atoms with Gasteiger partial charge in [-0.15, -0.1) is 24.0 Å². The third-order valence-electron chi connectivity index (χ3n) is 4.64. The first-order valence-electron chi connectivity index (χ1n) is 8.53. The van der Waals surface area contributed by atoms with E-state index in [1.54, 1.807) is 13.2 Å². The average molecular weight is 528 g/mol. The van der Waals surface area contributed by atoms with Crippen molar-refractivity contribution in [3.8, 4) is 0 Å². The summed E-state index contributed by atoms with van der Waals surface area (Å²) in [6.45, 7) is 4.96. The van der Waals surface area contributed by atoms with Crippen LogP contribution in [-0.2, 0) is 11.3 Å². The van der Waals surface area contributed by atoms with Gasteiger partial charge in [-0.25, -0.2) is 9.38 Å². The highest BCUT2D eigenvalue weighted by Crippen LogP contribution is 2.43. The van der Waals surface area contributed by atoms with Crippen molar-refractivity contribution in [3.63, 3.8) is 0 Å². The van der Waals surface area contributed by atoms with Crippen LogP contribution in [0.1, 0.15) is 38.2 Å². The Morgan fingerprint density at radius 1 is 1.36 bits per heavy atom. The van der Waals surface area contributed by atoms with Gasteiger partial charge in [0.2, 0.25) is 0 Å². The Morgan fingerprint density at radius 3 is 2.72 bits per heavy atom. The van der Waals surface area contributed by atoms with Crippen molar-refractivity contribution in [1.82, 2.24) is 10.6 Å². The zero-order valence-electron chi connectivity index (χ0n) is 14.9. The van der Waals surface area contributed by atoms with Gasteiger partial charge < -0.3 is 15.4 Å². The second kappa shape index (κ2) is 11.3. The van der Waals surface area contributed by atoms with E-state index in [1.807, 2.05) is 6.92 Å². The topological polar surface area (TPSA) is 45.7 Å². The number of ether oxygens (including phenoxy) is 1. The highest BCUT2D eigenvalue weighted by molar-refractivity contribution is 14.0. The first kappa shape index (κ1) is 22.6. The van der Waals surface area contributed by atoms with Gasteiger partial charge in [0.15, 0.2) is 5.96 Å². The molecule has 1 aliphatic rings. The molecule has 1 fully saturated rings. The first-order chi connectivity index (χ1) is 11.6. The van der Waals surface area contributed by atoms with Gasteiger partial charge in [0.05, 0.1) is 6.54 Å². The molecule has 0 radical (unpaired) electrons. The Bertz CT molecular complexity index is 567.